The lowest BCUT2D eigenvalue weighted by Crippen LogP contribution is -2.47. The van der Waals surface area contributed by atoms with Gasteiger partial charge in [-0.2, -0.15) is 5.26 Å². The number of halogens is 2. The minimum absolute atomic E-state index is 0.00704. The number of hydrogen-bond donors (Lipinski definition) is 1. The Kier molecular flexibility index (Phi) is 6.31. The van der Waals surface area contributed by atoms with Gasteiger partial charge in [-0.25, -0.2) is 8.78 Å². The molecule has 1 aromatic rings. The Balaban J connectivity index is 1.83. The highest BCUT2D eigenvalue weighted by Crippen LogP contribution is 2.21. The molecule has 4 nitrogen and oxygen atoms in total. The number of piperazine rings is 1. The van der Waals surface area contributed by atoms with Crippen molar-refractivity contribution >= 4 is 5.69 Å². The van der Waals surface area contributed by atoms with Crippen LogP contribution < -0.4 is 5.32 Å². The van der Waals surface area contributed by atoms with Crippen LogP contribution in [0.1, 0.15) is 19.4 Å². The summed E-state index contributed by atoms with van der Waals surface area (Å²) in [5.41, 5.74) is -0.154. The number of nitriles is 1. The van der Waals surface area contributed by atoms with Crippen LogP contribution in [0.25, 0.3) is 0 Å². The Morgan fingerprint density at radius 3 is 2.26 bits per heavy atom. The van der Waals surface area contributed by atoms with Crippen LogP contribution in [0.15, 0.2) is 12.1 Å². The molecule has 0 saturated carbocycles. The number of rotatable bonds is 6. The molecule has 126 valence electrons. The maximum atomic E-state index is 13.8. The largest absolute Gasteiger partial charge is 0.380 e. The molecule has 0 aromatic heterocycles. The average molecular weight is 322 g/mol. The van der Waals surface area contributed by atoms with Gasteiger partial charge in [0.25, 0.3) is 0 Å². The van der Waals surface area contributed by atoms with Crippen molar-refractivity contribution in [2.24, 2.45) is 5.92 Å². The molecule has 6 heteroatoms. The summed E-state index contributed by atoms with van der Waals surface area (Å²) in [7, 11) is 0. The van der Waals surface area contributed by atoms with E-state index in [4.69, 9.17) is 5.26 Å². The van der Waals surface area contributed by atoms with Gasteiger partial charge in [0.1, 0.15) is 5.69 Å². The lowest BCUT2D eigenvalue weighted by Gasteiger charge is -2.35. The molecular formula is C17H24F2N4. The van der Waals surface area contributed by atoms with Gasteiger partial charge >= 0.3 is 0 Å². The molecule has 1 N–H and O–H groups in total. The number of hydrogen-bond acceptors (Lipinski definition) is 4. The van der Waals surface area contributed by atoms with Gasteiger partial charge in [-0.3, -0.25) is 0 Å². The summed E-state index contributed by atoms with van der Waals surface area (Å²) in [6.07, 6.45) is 0. The molecule has 0 spiro atoms. The Bertz CT molecular complexity index is 539. The van der Waals surface area contributed by atoms with Crippen molar-refractivity contribution in [1.29, 1.82) is 5.26 Å². The maximum Gasteiger partial charge on any atom is 0.150 e. The predicted octanol–water partition coefficient (Wildman–Crippen LogP) is 2.52. The van der Waals surface area contributed by atoms with Gasteiger partial charge in [0.15, 0.2) is 11.6 Å². The highest BCUT2D eigenvalue weighted by Gasteiger charge is 2.18. The fourth-order valence-corrected chi connectivity index (χ4v) is 2.88. The van der Waals surface area contributed by atoms with E-state index in [1.165, 1.54) is 0 Å². The smallest absolute Gasteiger partial charge is 0.150 e. The molecule has 0 unspecified atom stereocenters. The number of likely N-dealkylation sites (N-methyl/N-ethyl adjacent to an activating group) is 1. The zero-order valence-corrected chi connectivity index (χ0v) is 13.8. The van der Waals surface area contributed by atoms with Gasteiger partial charge in [-0.15, -0.1) is 0 Å². The van der Waals surface area contributed by atoms with E-state index in [1.54, 1.807) is 6.07 Å². The average Bonchev–Trinajstić information content (AvgIpc) is 2.54. The van der Waals surface area contributed by atoms with Crippen LogP contribution in [0.5, 0.6) is 0 Å². The summed E-state index contributed by atoms with van der Waals surface area (Å²) in [6.45, 7) is 11.0. The van der Waals surface area contributed by atoms with Crippen LogP contribution in [0.3, 0.4) is 0 Å². The first-order valence-electron chi connectivity index (χ1n) is 8.11. The SMILES string of the molecule is CCN1CCN(C[C@@H](C)CNc2c(F)cc(C#N)cc2F)CC1. The van der Waals surface area contributed by atoms with Crippen LogP contribution >= 0.6 is 0 Å². The first-order chi connectivity index (χ1) is 11.0. The zero-order valence-electron chi connectivity index (χ0n) is 13.8. The summed E-state index contributed by atoms with van der Waals surface area (Å²) in [5, 5.41) is 11.5. The maximum absolute atomic E-state index is 13.8. The van der Waals surface area contributed by atoms with E-state index in [0.29, 0.717) is 6.54 Å². The van der Waals surface area contributed by atoms with Gasteiger partial charge in [0.2, 0.25) is 0 Å². The lowest BCUT2D eigenvalue weighted by molar-refractivity contribution is 0.126. The molecular weight excluding hydrogens is 298 g/mol. The standard InChI is InChI=1S/C17H24F2N4/c1-3-22-4-6-23(7-5-22)12-13(2)11-21-17-15(18)8-14(10-20)9-16(17)19/h8-9,13,21H,3-7,11-12H2,1-2H3/t13-/m0/s1. The van der Waals surface area contributed by atoms with Crippen molar-refractivity contribution < 1.29 is 8.78 Å². The summed E-state index contributed by atoms with van der Waals surface area (Å²) >= 11 is 0. The zero-order chi connectivity index (χ0) is 16.8. The van der Waals surface area contributed by atoms with Crippen LogP contribution in [-0.2, 0) is 0 Å². The fourth-order valence-electron chi connectivity index (χ4n) is 2.88. The van der Waals surface area contributed by atoms with E-state index in [2.05, 4.69) is 29.0 Å². The van der Waals surface area contributed by atoms with Crippen molar-refractivity contribution in [1.82, 2.24) is 9.80 Å². The highest BCUT2D eigenvalue weighted by molar-refractivity contribution is 5.50. The van der Waals surface area contributed by atoms with E-state index >= 15 is 0 Å². The summed E-state index contributed by atoms with van der Waals surface area (Å²) in [6, 6.07) is 3.86. The first kappa shape index (κ1) is 17.6. The van der Waals surface area contributed by atoms with Crippen molar-refractivity contribution in [3.8, 4) is 6.07 Å². The first-order valence-corrected chi connectivity index (χ1v) is 8.11. The molecule has 1 saturated heterocycles. The number of benzene rings is 1. The van der Waals surface area contributed by atoms with E-state index < -0.39 is 11.6 Å². The third-order valence-corrected chi connectivity index (χ3v) is 4.28. The second kappa shape index (κ2) is 8.23. The summed E-state index contributed by atoms with van der Waals surface area (Å²) in [4.78, 5) is 4.81. The highest BCUT2D eigenvalue weighted by atomic mass is 19.1. The minimum atomic E-state index is -0.717. The van der Waals surface area contributed by atoms with Gasteiger partial charge in [-0.1, -0.05) is 13.8 Å². The normalized spacial score (nSPS) is 17.7. The van der Waals surface area contributed by atoms with Crippen LogP contribution in [0.2, 0.25) is 0 Å². The van der Waals surface area contributed by atoms with Gasteiger partial charge in [0.05, 0.1) is 11.6 Å². The van der Waals surface area contributed by atoms with E-state index in [9.17, 15) is 8.78 Å². The molecule has 0 radical (unpaired) electrons. The van der Waals surface area contributed by atoms with E-state index in [-0.39, 0.29) is 17.2 Å². The summed E-state index contributed by atoms with van der Waals surface area (Å²) < 4.78 is 27.6. The quantitative estimate of drug-likeness (QED) is 0.874. The van der Waals surface area contributed by atoms with Crippen LogP contribution in [0.4, 0.5) is 14.5 Å². The Hall–Kier alpha value is -1.71. The summed E-state index contributed by atoms with van der Waals surface area (Å²) in [5.74, 6) is -1.16. The topological polar surface area (TPSA) is 42.3 Å². The Morgan fingerprint density at radius 2 is 1.74 bits per heavy atom. The van der Waals surface area contributed by atoms with Crippen molar-refractivity contribution in [2.75, 3.05) is 51.1 Å². The molecule has 1 aromatic carbocycles. The predicted molar refractivity (Wildman–Crippen MR) is 87.3 cm³/mol. The van der Waals surface area contributed by atoms with Crippen LogP contribution in [0, 0.1) is 28.9 Å². The molecule has 1 atom stereocenters. The monoisotopic (exact) mass is 322 g/mol. The number of nitrogens with one attached hydrogen (secondary N) is 1. The number of nitrogens with zero attached hydrogens (tertiary/aromatic N) is 3. The molecule has 1 aliphatic rings. The van der Waals surface area contributed by atoms with E-state index in [1.807, 2.05) is 0 Å². The molecule has 0 aliphatic carbocycles. The van der Waals surface area contributed by atoms with Crippen LogP contribution in [-0.4, -0.2) is 55.6 Å². The van der Waals surface area contributed by atoms with Gasteiger partial charge in [0, 0.05) is 39.3 Å². The lowest BCUT2D eigenvalue weighted by atomic mass is 10.1. The van der Waals surface area contributed by atoms with E-state index in [0.717, 1.165) is 51.4 Å². The second-order valence-corrected chi connectivity index (χ2v) is 6.15. The van der Waals surface area contributed by atoms with Gasteiger partial charge in [-0.05, 0) is 24.6 Å². The fraction of sp³-hybridized carbons (Fsp3) is 0.588. The Morgan fingerprint density at radius 1 is 1.17 bits per heavy atom. The molecule has 2 rings (SSSR count). The molecule has 1 heterocycles. The molecule has 1 fully saturated rings. The molecule has 1 aliphatic heterocycles. The third-order valence-electron chi connectivity index (χ3n) is 4.28. The third kappa shape index (κ3) is 4.88. The van der Waals surface area contributed by atoms with Crippen molar-refractivity contribution in [2.45, 2.75) is 13.8 Å². The van der Waals surface area contributed by atoms with Crippen molar-refractivity contribution in [3.63, 3.8) is 0 Å². The number of anilines is 1. The molecule has 0 amide bonds. The second-order valence-electron chi connectivity index (χ2n) is 6.15. The van der Waals surface area contributed by atoms with Crippen molar-refractivity contribution in [3.05, 3.63) is 29.3 Å². The molecule has 23 heavy (non-hydrogen) atoms. The molecule has 0 bridgehead atoms. The van der Waals surface area contributed by atoms with Gasteiger partial charge < -0.3 is 15.1 Å². The Labute approximate surface area is 136 Å². The minimum Gasteiger partial charge on any atom is -0.380 e.